The van der Waals surface area contributed by atoms with E-state index in [2.05, 4.69) is 0 Å². The predicted octanol–water partition coefficient (Wildman–Crippen LogP) is 2.25. The number of ether oxygens (including phenoxy) is 1. The summed E-state index contributed by atoms with van der Waals surface area (Å²) in [6.07, 6.45) is -0.678. The van der Waals surface area contributed by atoms with E-state index >= 15 is 0 Å². The number of rotatable bonds is 4. The first-order chi connectivity index (χ1) is 11.7. The fraction of sp³-hybridized carbons (Fsp3) is 0.263. The minimum absolute atomic E-state index is 0.0699. The van der Waals surface area contributed by atoms with E-state index in [1.165, 1.54) is 7.11 Å². The number of nitrogens with zero attached hydrogens (tertiary/aromatic N) is 2. The molecule has 5 nitrogen and oxygen atoms in total. The molecule has 2 aromatic carbocycles. The first kappa shape index (κ1) is 16.2. The van der Waals surface area contributed by atoms with E-state index in [-0.39, 0.29) is 18.4 Å². The molecule has 1 unspecified atom stereocenters. The number of amides is 2. The van der Waals surface area contributed by atoms with Gasteiger partial charge in [-0.2, -0.15) is 0 Å². The number of benzene rings is 2. The largest absolute Gasteiger partial charge is 0.367 e. The summed E-state index contributed by atoms with van der Waals surface area (Å²) >= 11 is 0. The molecule has 1 fully saturated rings. The summed E-state index contributed by atoms with van der Waals surface area (Å²) in [6, 6.07) is 18.9. The van der Waals surface area contributed by atoms with Crippen LogP contribution in [-0.4, -0.2) is 43.5 Å². The lowest BCUT2D eigenvalue weighted by molar-refractivity contribution is -0.146. The molecule has 0 radical (unpaired) electrons. The van der Waals surface area contributed by atoms with E-state index in [0.29, 0.717) is 13.1 Å². The smallest absolute Gasteiger partial charge is 0.256 e. The van der Waals surface area contributed by atoms with Crippen molar-refractivity contribution in [3.8, 4) is 0 Å². The van der Waals surface area contributed by atoms with Crippen molar-refractivity contribution in [1.29, 1.82) is 0 Å². The molecular formula is C19H20N2O3. The second-order valence-corrected chi connectivity index (χ2v) is 5.67. The zero-order chi connectivity index (χ0) is 16.9. The van der Waals surface area contributed by atoms with Gasteiger partial charge in [0.15, 0.2) is 6.10 Å². The molecule has 3 rings (SSSR count). The Labute approximate surface area is 141 Å². The maximum atomic E-state index is 12.7. The van der Waals surface area contributed by atoms with Crippen molar-refractivity contribution in [1.82, 2.24) is 4.90 Å². The molecule has 0 aromatic heterocycles. The highest BCUT2D eigenvalue weighted by Gasteiger charge is 2.32. The number of para-hydroxylation sites is 1. The summed E-state index contributed by atoms with van der Waals surface area (Å²) in [6.45, 7) is 1.05. The number of hydrogen-bond acceptors (Lipinski definition) is 3. The van der Waals surface area contributed by atoms with Gasteiger partial charge in [0.25, 0.3) is 5.91 Å². The molecule has 0 spiro atoms. The Morgan fingerprint density at radius 3 is 2.21 bits per heavy atom. The standard InChI is InChI=1S/C19H20N2O3/c1-24-18(15-8-4-2-5-9-15)19(23)20-12-13-21(17(22)14-20)16-10-6-3-7-11-16/h2-11,18H,12-14H2,1H3. The fourth-order valence-electron chi connectivity index (χ4n) is 2.92. The van der Waals surface area contributed by atoms with Crippen molar-refractivity contribution in [3.63, 3.8) is 0 Å². The topological polar surface area (TPSA) is 49.9 Å². The summed E-state index contributed by atoms with van der Waals surface area (Å²) in [4.78, 5) is 28.5. The second kappa shape index (κ2) is 7.27. The van der Waals surface area contributed by atoms with Crippen molar-refractivity contribution >= 4 is 17.5 Å². The molecule has 0 saturated carbocycles. The normalized spacial score (nSPS) is 16.1. The zero-order valence-corrected chi connectivity index (χ0v) is 13.6. The van der Waals surface area contributed by atoms with Crippen molar-refractivity contribution in [3.05, 3.63) is 66.2 Å². The van der Waals surface area contributed by atoms with Crippen LogP contribution in [0.3, 0.4) is 0 Å². The third-order valence-corrected chi connectivity index (χ3v) is 4.16. The summed E-state index contributed by atoms with van der Waals surface area (Å²) in [5, 5.41) is 0. The first-order valence-electron chi connectivity index (χ1n) is 7.92. The monoisotopic (exact) mass is 324 g/mol. The summed E-state index contributed by atoms with van der Waals surface area (Å²) in [5.74, 6) is -0.256. The first-order valence-corrected chi connectivity index (χ1v) is 7.92. The predicted molar refractivity (Wildman–Crippen MR) is 91.6 cm³/mol. The average molecular weight is 324 g/mol. The molecule has 1 aliphatic rings. The zero-order valence-electron chi connectivity index (χ0n) is 13.6. The molecule has 24 heavy (non-hydrogen) atoms. The van der Waals surface area contributed by atoms with Gasteiger partial charge in [-0.3, -0.25) is 9.59 Å². The molecular weight excluding hydrogens is 304 g/mol. The summed E-state index contributed by atoms with van der Waals surface area (Å²) in [7, 11) is 1.51. The molecule has 124 valence electrons. The Balaban J connectivity index is 1.71. The highest BCUT2D eigenvalue weighted by atomic mass is 16.5. The minimum atomic E-state index is -0.678. The maximum absolute atomic E-state index is 12.7. The van der Waals surface area contributed by atoms with Crippen LogP contribution in [0.5, 0.6) is 0 Å². The van der Waals surface area contributed by atoms with Gasteiger partial charge in [0.1, 0.15) is 6.54 Å². The van der Waals surface area contributed by atoms with Gasteiger partial charge < -0.3 is 14.5 Å². The molecule has 5 heteroatoms. The molecule has 1 aliphatic heterocycles. The molecule has 2 aromatic rings. The molecule has 0 aliphatic carbocycles. The van der Waals surface area contributed by atoms with E-state index in [9.17, 15) is 9.59 Å². The molecule has 1 saturated heterocycles. The number of piperazine rings is 1. The molecule has 0 N–H and O–H groups in total. The van der Waals surface area contributed by atoms with Crippen LogP contribution in [0.15, 0.2) is 60.7 Å². The van der Waals surface area contributed by atoms with Crippen LogP contribution in [0.1, 0.15) is 11.7 Å². The van der Waals surface area contributed by atoms with E-state index in [4.69, 9.17) is 4.74 Å². The number of anilines is 1. The molecule has 1 atom stereocenters. The minimum Gasteiger partial charge on any atom is -0.367 e. The molecule has 1 heterocycles. The van der Waals surface area contributed by atoms with E-state index in [1.807, 2.05) is 60.7 Å². The molecule has 0 bridgehead atoms. The Morgan fingerprint density at radius 2 is 1.62 bits per heavy atom. The SMILES string of the molecule is COC(C(=O)N1CCN(c2ccccc2)C(=O)C1)c1ccccc1. The van der Waals surface area contributed by atoms with Gasteiger partial charge in [0.05, 0.1) is 0 Å². The van der Waals surface area contributed by atoms with E-state index in [0.717, 1.165) is 11.3 Å². The lowest BCUT2D eigenvalue weighted by atomic mass is 10.1. The van der Waals surface area contributed by atoms with Crippen LogP contribution in [0.2, 0.25) is 0 Å². The fourth-order valence-corrected chi connectivity index (χ4v) is 2.92. The maximum Gasteiger partial charge on any atom is 0.256 e. The lowest BCUT2D eigenvalue weighted by Crippen LogP contribution is -2.53. The average Bonchev–Trinajstić information content (AvgIpc) is 2.64. The Hall–Kier alpha value is -2.66. The van der Waals surface area contributed by atoms with E-state index < -0.39 is 6.10 Å². The number of carbonyl (C=O) groups is 2. The van der Waals surface area contributed by atoms with Crippen LogP contribution in [0, 0.1) is 0 Å². The third kappa shape index (κ3) is 3.31. The van der Waals surface area contributed by atoms with E-state index in [1.54, 1.807) is 9.80 Å². The Morgan fingerprint density at radius 1 is 1.00 bits per heavy atom. The quantitative estimate of drug-likeness (QED) is 0.867. The Bertz CT molecular complexity index is 703. The van der Waals surface area contributed by atoms with Gasteiger partial charge in [0.2, 0.25) is 5.91 Å². The van der Waals surface area contributed by atoms with Crippen LogP contribution in [0.4, 0.5) is 5.69 Å². The molecule has 2 amide bonds. The van der Waals surface area contributed by atoms with Gasteiger partial charge in [-0.05, 0) is 17.7 Å². The highest BCUT2D eigenvalue weighted by molar-refractivity contribution is 5.98. The van der Waals surface area contributed by atoms with Crippen molar-refractivity contribution < 1.29 is 14.3 Å². The number of methoxy groups -OCH3 is 1. The van der Waals surface area contributed by atoms with Crippen molar-refractivity contribution in [2.45, 2.75) is 6.10 Å². The van der Waals surface area contributed by atoms with Crippen LogP contribution in [0.25, 0.3) is 0 Å². The van der Waals surface area contributed by atoms with Crippen molar-refractivity contribution in [2.24, 2.45) is 0 Å². The third-order valence-electron chi connectivity index (χ3n) is 4.16. The van der Waals surface area contributed by atoms with Crippen LogP contribution < -0.4 is 4.90 Å². The van der Waals surface area contributed by atoms with Gasteiger partial charge in [-0.15, -0.1) is 0 Å². The number of hydrogen-bond donors (Lipinski definition) is 0. The number of carbonyl (C=O) groups excluding carboxylic acids is 2. The van der Waals surface area contributed by atoms with Gasteiger partial charge in [0, 0.05) is 25.9 Å². The highest BCUT2D eigenvalue weighted by Crippen LogP contribution is 2.22. The van der Waals surface area contributed by atoms with Crippen molar-refractivity contribution in [2.75, 3.05) is 31.6 Å². The van der Waals surface area contributed by atoms with Crippen LogP contribution >= 0.6 is 0 Å². The van der Waals surface area contributed by atoms with Gasteiger partial charge in [-0.25, -0.2) is 0 Å². The summed E-state index contributed by atoms with van der Waals surface area (Å²) < 4.78 is 5.38. The Kier molecular flexibility index (Phi) is 4.91. The second-order valence-electron chi connectivity index (χ2n) is 5.67. The lowest BCUT2D eigenvalue weighted by Gasteiger charge is -2.35. The van der Waals surface area contributed by atoms with Crippen LogP contribution in [-0.2, 0) is 14.3 Å². The van der Waals surface area contributed by atoms with Gasteiger partial charge in [-0.1, -0.05) is 48.5 Å². The summed E-state index contributed by atoms with van der Waals surface area (Å²) in [5.41, 5.74) is 1.66. The van der Waals surface area contributed by atoms with Gasteiger partial charge >= 0.3 is 0 Å².